The average molecular weight is 278 g/mol. The van der Waals surface area contributed by atoms with Gasteiger partial charge in [-0.3, -0.25) is 4.79 Å². The monoisotopic (exact) mass is 278 g/mol. The molecule has 3 rings (SSSR count). The van der Waals surface area contributed by atoms with Crippen LogP contribution in [0.4, 0.5) is 4.39 Å². The van der Waals surface area contributed by atoms with Crippen LogP contribution < -0.4 is 5.32 Å². The van der Waals surface area contributed by atoms with Crippen molar-refractivity contribution in [3.63, 3.8) is 0 Å². The van der Waals surface area contributed by atoms with Gasteiger partial charge in [0.1, 0.15) is 17.0 Å². The summed E-state index contributed by atoms with van der Waals surface area (Å²) in [6, 6.07) is 0. The summed E-state index contributed by atoms with van der Waals surface area (Å²) in [5, 5.41) is 6.76. The van der Waals surface area contributed by atoms with Gasteiger partial charge in [0.2, 0.25) is 4.96 Å². The molecule has 1 aliphatic rings. The molecule has 2 aromatic heterocycles. The molecule has 2 aromatic rings. The van der Waals surface area contributed by atoms with Crippen molar-refractivity contribution in [2.24, 2.45) is 5.92 Å². The van der Waals surface area contributed by atoms with Crippen molar-refractivity contribution in [3.05, 3.63) is 41.1 Å². The first kappa shape index (κ1) is 12.0. The minimum atomic E-state index is -0.299. The second-order valence-electron chi connectivity index (χ2n) is 4.39. The summed E-state index contributed by atoms with van der Waals surface area (Å²) >= 11 is 1.36. The SMILES string of the molecule is C[C@@H]1CC(NC(=O)c2cn3ncsc3n2)=CC=C1F. The van der Waals surface area contributed by atoms with Crippen LogP contribution in [0.5, 0.6) is 0 Å². The first-order valence-electron chi connectivity index (χ1n) is 5.80. The molecule has 0 unspecified atom stereocenters. The molecule has 0 aromatic carbocycles. The van der Waals surface area contributed by atoms with E-state index < -0.39 is 0 Å². The van der Waals surface area contributed by atoms with E-state index in [0.717, 1.165) is 0 Å². The Kier molecular flexibility index (Phi) is 2.90. The van der Waals surface area contributed by atoms with Crippen molar-refractivity contribution in [1.29, 1.82) is 0 Å². The maximum Gasteiger partial charge on any atom is 0.275 e. The Labute approximate surface area is 112 Å². The molecule has 0 bridgehead atoms. The van der Waals surface area contributed by atoms with E-state index in [4.69, 9.17) is 0 Å². The van der Waals surface area contributed by atoms with Crippen molar-refractivity contribution in [3.8, 4) is 0 Å². The molecule has 1 N–H and O–H groups in total. The molecule has 0 radical (unpaired) electrons. The molecule has 1 aliphatic carbocycles. The van der Waals surface area contributed by atoms with E-state index in [1.807, 2.05) is 0 Å². The van der Waals surface area contributed by atoms with Crippen molar-refractivity contribution < 1.29 is 9.18 Å². The molecular formula is C12H11FN4OS. The number of rotatable bonds is 2. The standard InChI is InChI=1S/C12H11FN4OS/c1-7-4-8(2-3-9(7)13)15-11(18)10-5-17-12(16-10)19-6-14-17/h2-3,5-7H,4H2,1H3,(H,15,18)/t7-/m1/s1. The largest absolute Gasteiger partial charge is 0.324 e. The van der Waals surface area contributed by atoms with Crippen molar-refractivity contribution >= 4 is 22.2 Å². The number of allylic oxidation sites excluding steroid dienone is 4. The van der Waals surface area contributed by atoms with E-state index in [1.54, 1.807) is 29.2 Å². The molecule has 19 heavy (non-hydrogen) atoms. The first-order chi connectivity index (χ1) is 9.13. The maximum atomic E-state index is 13.2. The fourth-order valence-corrected chi connectivity index (χ4v) is 2.49. The van der Waals surface area contributed by atoms with Crippen LogP contribution in [0.3, 0.4) is 0 Å². The van der Waals surface area contributed by atoms with Crippen LogP contribution in [0, 0.1) is 5.92 Å². The summed E-state index contributed by atoms with van der Waals surface area (Å²) in [4.78, 5) is 16.8. The second kappa shape index (κ2) is 4.58. The van der Waals surface area contributed by atoms with E-state index in [2.05, 4.69) is 15.4 Å². The van der Waals surface area contributed by atoms with Gasteiger partial charge in [0.15, 0.2) is 0 Å². The number of nitrogens with zero attached hydrogens (tertiary/aromatic N) is 3. The predicted octanol–water partition coefficient (Wildman–Crippen LogP) is 2.30. The van der Waals surface area contributed by atoms with Crippen LogP contribution in [0.1, 0.15) is 23.8 Å². The zero-order valence-corrected chi connectivity index (χ0v) is 10.9. The molecule has 0 aliphatic heterocycles. The van der Waals surface area contributed by atoms with Gasteiger partial charge in [0.25, 0.3) is 5.91 Å². The van der Waals surface area contributed by atoms with Crippen molar-refractivity contribution in [1.82, 2.24) is 19.9 Å². The number of imidazole rings is 1. The molecule has 98 valence electrons. The highest BCUT2D eigenvalue weighted by Gasteiger charge is 2.18. The van der Waals surface area contributed by atoms with Gasteiger partial charge in [-0.1, -0.05) is 18.3 Å². The van der Waals surface area contributed by atoms with Gasteiger partial charge >= 0.3 is 0 Å². The maximum absolute atomic E-state index is 13.2. The van der Waals surface area contributed by atoms with Crippen molar-refractivity contribution in [2.75, 3.05) is 0 Å². The Balaban J connectivity index is 1.77. The number of aromatic nitrogens is 3. The van der Waals surface area contributed by atoms with Gasteiger partial charge in [0, 0.05) is 11.6 Å². The van der Waals surface area contributed by atoms with E-state index in [1.165, 1.54) is 17.4 Å². The highest BCUT2D eigenvalue weighted by Crippen LogP contribution is 2.24. The fourth-order valence-electron chi connectivity index (χ4n) is 1.89. The summed E-state index contributed by atoms with van der Waals surface area (Å²) in [6.07, 6.45) is 5.03. The van der Waals surface area contributed by atoms with Crippen LogP contribution >= 0.6 is 11.3 Å². The summed E-state index contributed by atoms with van der Waals surface area (Å²) in [5.41, 5.74) is 2.66. The van der Waals surface area contributed by atoms with E-state index >= 15 is 0 Å². The highest BCUT2D eigenvalue weighted by molar-refractivity contribution is 7.14. The number of hydrogen-bond acceptors (Lipinski definition) is 4. The zero-order chi connectivity index (χ0) is 13.4. The number of nitrogens with one attached hydrogen (secondary N) is 1. The summed E-state index contributed by atoms with van der Waals surface area (Å²) in [7, 11) is 0. The van der Waals surface area contributed by atoms with Crippen LogP contribution in [0.25, 0.3) is 4.96 Å². The zero-order valence-electron chi connectivity index (χ0n) is 10.1. The lowest BCUT2D eigenvalue weighted by molar-refractivity contribution is 0.0959. The van der Waals surface area contributed by atoms with Gasteiger partial charge in [-0.05, 0) is 18.6 Å². The Morgan fingerprint density at radius 3 is 3.16 bits per heavy atom. The first-order valence-corrected chi connectivity index (χ1v) is 6.68. The average Bonchev–Trinajstić information content (AvgIpc) is 2.94. The normalized spacial score (nSPS) is 19.2. The van der Waals surface area contributed by atoms with Gasteiger partial charge in [0.05, 0.1) is 6.20 Å². The quantitative estimate of drug-likeness (QED) is 0.917. The lowest BCUT2D eigenvalue weighted by Gasteiger charge is -2.16. The number of carbonyl (C=O) groups excluding carboxylic acids is 1. The Morgan fingerprint density at radius 1 is 1.58 bits per heavy atom. The molecule has 0 spiro atoms. The summed E-state index contributed by atoms with van der Waals surface area (Å²) < 4.78 is 14.7. The van der Waals surface area contributed by atoms with Crippen molar-refractivity contribution in [2.45, 2.75) is 13.3 Å². The minimum absolute atomic E-state index is 0.162. The molecule has 1 amide bonds. The van der Waals surface area contributed by atoms with Crippen LogP contribution in [0.15, 0.2) is 35.4 Å². The molecule has 2 heterocycles. The fraction of sp³-hybridized carbons (Fsp3) is 0.250. The van der Waals surface area contributed by atoms with E-state index in [0.29, 0.717) is 22.8 Å². The third-order valence-corrected chi connectivity index (χ3v) is 3.62. The molecule has 7 heteroatoms. The lowest BCUT2D eigenvalue weighted by Crippen LogP contribution is -2.25. The number of halogens is 1. The third-order valence-electron chi connectivity index (χ3n) is 2.93. The molecule has 1 atom stereocenters. The Morgan fingerprint density at radius 2 is 2.42 bits per heavy atom. The van der Waals surface area contributed by atoms with Gasteiger partial charge in [-0.2, -0.15) is 5.10 Å². The Bertz CT molecular complexity index is 671. The molecular weight excluding hydrogens is 267 g/mol. The molecule has 0 saturated carbocycles. The summed E-state index contributed by atoms with van der Waals surface area (Å²) in [5.74, 6) is -0.663. The molecule has 0 saturated heterocycles. The summed E-state index contributed by atoms with van der Waals surface area (Å²) in [6.45, 7) is 1.78. The number of fused-ring (bicyclic) bond motifs is 1. The van der Waals surface area contributed by atoms with Gasteiger partial charge in [-0.15, -0.1) is 0 Å². The van der Waals surface area contributed by atoms with Crippen LogP contribution in [0.2, 0.25) is 0 Å². The number of carbonyl (C=O) groups is 1. The van der Waals surface area contributed by atoms with Gasteiger partial charge in [-0.25, -0.2) is 13.9 Å². The predicted molar refractivity (Wildman–Crippen MR) is 69.4 cm³/mol. The minimum Gasteiger partial charge on any atom is -0.324 e. The molecule has 0 fully saturated rings. The highest BCUT2D eigenvalue weighted by atomic mass is 32.1. The van der Waals surface area contributed by atoms with E-state index in [9.17, 15) is 9.18 Å². The number of hydrogen-bond donors (Lipinski definition) is 1. The van der Waals surface area contributed by atoms with Crippen LogP contribution in [-0.2, 0) is 0 Å². The third kappa shape index (κ3) is 2.28. The van der Waals surface area contributed by atoms with E-state index in [-0.39, 0.29) is 17.7 Å². The topological polar surface area (TPSA) is 59.3 Å². The van der Waals surface area contributed by atoms with Crippen LogP contribution in [-0.4, -0.2) is 20.5 Å². The Hall–Kier alpha value is -2.02. The lowest BCUT2D eigenvalue weighted by atomic mass is 9.99. The smallest absolute Gasteiger partial charge is 0.275 e. The molecule has 5 nitrogen and oxygen atoms in total. The van der Waals surface area contributed by atoms with Gasteiger partial charge < -0.3 is 5.32 Å². The second-order valence-corrected chi connectivity index (χ2v) is 5.21. The number of amides is 1.